The first kappa shape index (κ1) is 15.9. The third-order valence-electron chi connectivity index (χ3n) is 3.08. The van der Waals surface area contributed by atoms with Crippen molar-refractivity contribution in [3.05, 3.63) is 54.9 Å². The number of amides is 1. The minimum absolute atomic E-state index is 0.119. The monoisotopic (exact) mass is 339 g/mol. The summed E-state index contributed by atoms with van der Waals surface area (Å²) in [5.74, 6) is 0.326. The summed E-state index contributed by atoms with van der Waals surface area (Å²) >= 11 is 1.14. The van der Waals surface area contributed by atoms with Gasteiger partial charge in [-0.05, 0) is 24.3 Å². The van der Waals surface area contributed by atoms with Gasteiger partial charge in [0, 0.05) is 23.6 Å². The topological polar surface area (TPSA) is 89.8 Å². The van der Waals surface area contributed by atoms with E-state index in [1.54, 1.807) is 36.7 Å². The molecule has 0 spiro atoms. The SMILES string of the molecule is O=Cn1c(SCC(=O)Nc2ccccc2)nnc1-c1cccnc1. The number of rotatable bonds is 6. The number of thioether (sulfide) groups is 1. The van der Waals surface area contributed by atoms with Crippen molar-refractivity contribution in [2.45, 2.75) is 5.16 Å². The summed E-state index contributed by atoms with van der Waals surface area (Å²) in [4.78, 5) is 27.3. The van der Waals surface area contributed by atoms with Gasteiger partial charge in [0.1, 0.15) is 0 Å². The molecule has 0 saturated carbocycles. The lowest BCUT2D eigenvalue weighted by Crippen LogP contribution is -2.14. The second-order valence-electron chi connectivity index (χ2n) is 4.73. The molecule has 1 aromatic carbocycles. The smallest absolute Gasteiger partial charge is 0.234 e. The number of carbonyl (C=O) groups is 2. The molecule has 24 heavy (non-hydrogen) atoms. The van der Waals surface area contributed by atoms with Crippen molar-refractivity contribution < 1.29 is 9.59 Å². The second-order valence-corrected chi connectivity index (χ2v) is 5.67. The molecule has 0 fully saturated rings. The highest BCUT2D eigenvalue weighted by Crippen LogP contribution is 2.22. The fraction of sp³-hybridized carbons (Fsp3) is 0.0625. The number of nitrogens with zero attached hydrogens (tertiary/aromatic N) is 4. The lowest BCUT2D eigenvalue weighted by molar-refractivity contribution is -0.113. The van der Waals surface area contributed by atoms with E-state index < -0.39 is 0 Å². The number of aromatic nitrogens is 4. The summed E-state index contributed by atoms with van der Waals surface area (Å²) in [7, 11) is 0. The molecular weight excluding hydrogens is 326 g/mol. The summed E-state index contributed by atoms with van der Waals surface area (Å²) in [6.07, 6.45) is 3.86. The van der Waals surface area contributed by atoms with Crippen molar-refractivity contribution in [3.8, 4) is 11.4 Å². The highest BCUT2D eigenvalue weighted by atomic mass is 32.2. The predicted molar refractivity (Wildman–Crippen MR) is 91.2 cm³/mol. The Hall–Kier alpha value is -3.00. The van der Waals surface area contributed by atoms with Gasteiger partial charge >= 0.3 is 0 Å². The van der Waals surface area contributed by atoms with E-state index in [0.29, 0.717) is 23.0 Å². The normalized spacial score (nSPS) is 10.3. The molecule has 0 atom stereocenters. The first-order valence-electron chi connectivity index (χ1n) is 7.06. The Morgan fingerprint density at radius 1 is 1.17 bits per heavy atom. The molecule has 0 radical (unpaired) electrons. The molecule has 3 aromatic rings. The summed E-state index contributed by atoms with van der Waals surface area (Å²) in [6, 6.07) is 12.7. The van der Waals surface area contributed by atoms with Crippen LogP contribution in [0.5, 0.6) is 0 Å². The summed E-state index contributed by atoms with van der Waals surface area (Å²) in [5.41, 5.74) is 1.40. The summed E-state index contributed by atoms with van der Waals surface area (Å²) < 4.78 is 1.30. The molecule has 3 rings (SSSR count). The van der Waals surface area contributed by atoms with Gasteiger partial charge in [-0.25, -0.2) is 4.57 Å². The molecule has 2 heterocycles. The van der Waals surface area contributed by atoms with Crippen molar-refractivity contribution in [1.29, 1.82) is 0 Å². The Bertz CT molecular complexity index is 836. The fourth-order valence-corrected chi connectivity index (χ4v) is 2.71. The van der Waals surface area contributed by atoms with Gasteiger partial charge in [-0.1, -0.05) is 30.0 Å². The highest BCUT2D eigenvalue weighted by Gasteiger charge is 2.15. The molecule has 1 amide bonds. The van der Waals surface area contributed by atoms with Crippen LogP contribution in [0.4, 0.5) is 5.69 Å². The van der Waals surface area contributed by atoms with E-state index >= 15 is 0 Å². The zero-order valence-corrected chi connectivity index (χ0v) is 13.3. The molecule has 0 aliphatic carbocycles. The molecule has 1 N–H and O–H groups in total. The maximum absolute atomic E-state index is 12.0. The standard InChI is InChI=1S/C16H13N5O2S/c22-11-21-15(12-5-4-8-17-9-12)19-20-16(21)24-10-14(23)18-13-6-2-1-3-7-13/h1-9,11H,10H2,(H,18,23). The van der Waals surface area contributed by atoms with Gasteiger partial charge in [0.2, 0.25) is 12.3 Å². The van der Waals surface area contributed by atoms with Crippen LogP contribution in [0.25, 0.3) is 11.4 Å². The van der Waals surface area contributed by atoms with Crippen LogP contribution in [0.3, 0.4) is 0 Å². The number of nitrogens with one attached hydrogen (secondary N) is 1. The van der Waals surface area contributed by atoms with Crippen LogP contribution in [-0.4, -0.2) is 37.8 Å². The maximum atomic E-state index is 12.0. The minimum atomic E-state index is -0.186. The quantitative estimate of drug-likeness (QED) is 0.546. The molecule has 7 nitrogen and oxygen atoms in total. The van der Waals surface area contributed by atoms with E-state index in [1.807, 2.05) is 18.2 Å². The van der Waals surface area contributed by atoms with E-state index in [4.69, 9.17) is 0 Å². The van der Waals surface area contributed by atoms with Gasteiger partial charge in [-0.15, -0.1) is 10.2 Å². The highest BCUT2D eigenvalue weighted by molar-refractivity contribution is 7.99. The van der Waals surface area contributed by atoms with Crippen molar-refractivity contribution in [2.24, 2.45) is 0 Å². The lowest BCUT2D eigenvalue weighted by Gasteiger charge is -2.04. The number of hydrogen-bond acceptors (Lipinski definition) is 6. The van der Waals surface area contributed by atoms with Crippen molar-refractivity contribution in [3.63, 3.8) is 0 Å². The minimum Gasteiger partial charge on any atom is -0.325 e. The van der Waals surface area contributed by atoms with Gasteiger partial charge < -0.3 is 5.32 Å². The van der Waals surface area contributed by atoms with Crippen LogP contribution in [0.1, 0.15) is 0 Å². The average Bonchev–Trinajstić information content (AvgIpc) is 3.04. The molecule has 0 aliphatic heterocycles. The third-order valence-corrected chi connectivity index (χ3v) is 4.02. The number of hydrogen-bond donors (Lipinski definition) is 1. The average molecular weight is 339 g/mol. The molecule has 120 valence electrons. The molecule has 2 aromatic heterocycles. The van der Waals surface area contributed by atoms with Crippen molar-refractivity contribution in [2.75, 3.05) is 11.1 Å². The predicted octanol–water partition coefficient (Wildman–Crippen LogP) is 2.11. The number of carbonyl (C=O) groups excluding carboxylic acids is 2. The first-order valence-corrected chi connectivity index (χ1v) is 8.05. The van der Waals surface area contributed by atoms with Crippen molar-refractivity contribution >= 4 is 29.8 Å². The van der Waals surface area contributed by atoms with Crippen LogP contribution >= 0.6 is 11.8 Å². The Morgan fingerprint density at radius 3 is 2.71 bits per heavy atom. The van der Waals surface area contributed by atoms with E-state index in [2.05, 4.69) is 20.5 Å². The van der Waals surface area contributed by atoms with Crippen LogP contribution in [-0.2, 0) is 9.59 Å². The van der Waals surface area contributed by atoms with Gasteiger partial charge in [0.05, 0.1) is 5.75 Å². The maximum Gasteiger partial charge on any atom is 0.234 e. The molecule has 8 heteroatoms. The van der Waals surface area contributed by atoms with Gasteiger partial charge in [0.25, 0.3) is 0 Å². The van der Waals surface area contributed by atoms with Gasteiger partial charge in [-0.2, -0.15) is 0 Å². The van der Waals surface area contributed by atoms with E-state index in [9.17, 15) is 9.59 Å². The number of anilines is 1. The first-order chi connectivity index (χ1) is 11.8. The molecule has 0 bridgehead atoms. The fourth-order valence-electron chi connectivity index (χ4n) is 2.01. The molecular formula is C16H13N5O2S. The number of pyridine rings is 1. The Morgan fingerprint density at radius 2 is 2.00 bits per heavy atom. The number of para-hydroxylation sites is 1. The second kappa shape index (κ2) is 7.51. The number of benzene rings is 1. The van der Waals surface area contributed by atoms with Gasteiger partial charge in [-0.3, -0.25) is 14.6 Å². The van der Waals surface area contributed by atoms with Crippen molar-refractivity contribution in [1.82, 2.24) is 19.7 Å². The van der Waals surface area contributed by atoms with Crippen LogP contribution < -0.4 is 5.32 Å². The van der Waals surface area contributed by atoms with E-state index in [-0.39, 0.29) is 11.7 Å². The Labute approximate surface area is 142 Å². The third kappa shape index (κ3) is 3.66. The Kier molecular flexibility index (Phi) is 4.97. The van der Waals surface area contributed by atoms with Crippen LogP contribution in [0.2, 0.25) is 0 Å². The lowest BCUT2D eigenvalue weighted by atomic mass is 10.3. The van der Waals surface area contributed by atoms with Gasteiger partial charge in [0.15, 0.2) is 11.0 Å². The Balaban J connectivity index is 1.69. The summed E-state index contributed by atoms with van der Waals surface area (Å²) in [6.45, 7) is 0. The molecule has 0 unspecified atom stereocenters. The zero-order valence-electron chi connectivity index (χ0n) is 12.5. The molecule has 0 aliphatic rings. The van der Waals surface area contributed by atoms with Crippen LogP contribution in [0, 0.1) is 0 Å². The summed E-state index contributed by atoms with van der Waals surface area (Å²) in [5, 5.41) is 11.1. The van der Waals surface area contributed by atoms with E-state index in [0.717, 1.165) is 17.4 Å². The largest absolute Gasteiger partial charge is 0.325 e. The van der Waals surface area contributed by atoms with Crippen LogP contribution in [0.15, 0.2) is 60.0 Å². The zero-order chi connectivity index (χ0) is 16.8. The van der Waals surface area contributed by atoms with E-state index in [1.165, 1.54) is 4.57 Å². The molecule has 0 saturated heterocycles.